The number of hydrogen-bond donors (Lipinski definition) is 1. The van der Waals surface area contributed by atoms with E-state index in [9.17, 15) is 8.42 Å². The van der Waals surface area contributed by atoms with Crippen molar-refractivity contribution in [1.29, 1.82) is 0 Å². The molecule has 1 saturated carbocycles. The van der Waals surface area contributed by atoms with Gasteiger partial charge in [-0.05, 0) is 52.4 Å². The van der Waals surface area contributed by atoms with E-state index in [2.05, 4.69) is 11.6 Å². The molecule has 1 rings (SSSR count). The van der Waals surface area contributed by atoms with E-state index in [1.165, 1.54) is 0 Å². The normalized spacial score (nSPS) is 29.1. The van der Waals surface area contributed by atoms with E-state index in [1.807, 2.05) is 0 Å². The van der Waals surface area contributed by atoms with Crippen molar-refractivity contribution in [2.45, 2.75) is 64.2 Å². The van der Waals surface area contributed by atoms with Crippen molar-refractivity contribution >= 4 is 10.0 Å². The van der Waals surface area contributed by atoms with Gasteiger partial charge in [0.2, 0.25) is 10.0 Å². The van der Waals surface area contributed by atoms with E-state index in [1.54, 1.807) is 20.8 Å². The highest BCUT2D eigenvalue weighted by Crippen LogP contribution is 2.25. The van der Waals surface area contributed by atoms with Gasteiger partial charge in [0.05, 0.1) is 4.75 Å². The summed E-state index contributed by atoms with van der Waals surface area (Å²) in [6.45, 7) is 7.44. The van der Waals surface area contributed by atoms with Crippen molar-refractivity contribution in [1.82, 2.24) is 4.72 Å². The molecule has 0 radical (unpaired) electrons. The summed E-state index contributed by atoms with van der Waals surface area (Å²) in [6, 6.07) is 0.158. The summed E-state index contributed by atoms with van der Waals surface area (Å²) in [4.78, 5) is 0. The fourth-order valence-corrected chi connectivity index (χ4v) is 2.80. The van der Waals surface area contributed by atoms with Crippen molar-refractivity contribution in [3.05, 3.63) is 0 Å². The van der Waals surface area contributed by atoms with Crippen molar-refractivity contribution in [2.24, 2.45) is 5.92 Å². The molecule has 0 heterocycles. The van der Waals surface area contributed by atoms with Crippen LogP contribution in [-0.2, 0) is 10.0 Å². The predicted molar refractivity (Wildman–Crippen MR) is 63.2 cm³/mol. The minimum atomic E-state index is -3.16. The first kappa shape index (κ1) is 13.0. The van der Waals surface area contributed by atoms with Crippen LogP contribution < -0.4 is 4.72 Å². The Morgan fingerprint density at radius 2 is 1.53 bits per heavy atom. The number of hydrogen-bond acceptors (Lipinski definition) is 2. The smallest absolute Gasteiger partial charge is 0.212 e. The molecule has 0 aromatic carbocycles. The van der Waals surface area contributed by atoms with Gasteiger partial charge < -0.3 is 0 Å². The molecule has 0 aromatic heterocycles. The van der Waals surface area contributed by atoms with Gasteiger partial charge in [-0.1, -0.05) is 6.92 Å². The largest absolute Gasteiger partial charge is 0.216 e. The molecule has 0 unspecified atom stereocenters. The van der Waals surface area contributed by atoms with Gasteiger partial charge in [0, 0.05) is 6.04 Å². The molecule has 0 aliphatic heterocycles. The zero-order valence-corrected chi connectivity index (χ0v) is 11.0. The molecular formula is C11H23NO2S. The maximum atomic E-state index is 11.9. The summed E-state index contributed by atoms with van der Waals surface area (Å²) in [6.07, 6.45) is 4.24. The summed E-state index contributed by atoms with van der Waals surface area (Å²) in [5.74, 6) is 0.750. The second kappa shape index (κ2) is 4.42. The SMILES string of the molecule is CC(C)(C)S(=O)(=O)N[C@H]1CC[C@@H](C)CC1. The first-order chi connectivity index (χ1) is 6.72. The van der Waals surface area contributed by atoms with Gasteiger partial charge in [0.15, 0.2) is 0 Å². The lowest BCUT2D eigenvalue weighted by Gasteiger charge is -2.29. The van der Waals surface area contributed by atoms with Crippen LogP contribution in [0.15, 0.2) is 0 Å². The Morgan fingerprint density at radius 3 is 1.93 bits per heavy atom. The molecule has 1 aliphatic rings. The zero-order valence-electron chi connectivity index (χ0n) is 10.2. The summed E-state index contributed by atoms with van der Waals surface area (Å²) in [5, 5.41) is 0. The molecule has 0 atom stereocenters. The van der Waals surface area contributed by atoms with Crippen LogP contribution >= 0.6 is 0 Å². The lowest BCUT2D eigenvalue weighted by Crippen LogP contribution is -2.45. The molecule has 15 heavy (non-hydrogen) atoms. The highest BCUT2D eigenvalue weighted by Gasteiger charge is 2.32. The summed E-state index contributed by atoms with van der Waals surface area (Å²) >= 11 is 0. The van der Waals surface area contributed by atoms with Crippen LogP contribution in [0.4, 0.5) is 0 Å². The Kier molecular flexibility index (Phi) is 3.82. The third-order valence-corrected chi connectivity index (χ3v) is 5.40. The van der Waals surface area contributed by atoms with E-state index in [0.717, 1.165) is 31.6 Å². The standard InChI is InChI=1S/C11H23NO2S/c1-9-5-7-10(8-6-9)12-15(13,14)11(2,3)4/h9-10,12H,5-8H2,1-4H3/t9-,10+. The highest BCUT2D eigenvalue weighted by molar-refractivity contribution is 7.90. The molecule has 1 N–H and O–H groups in total. The lowest BCUT2D eigenvalue weighted by molar-refractivity contribution is 0.330. The van der Waals surface area contributed by atoms with Crippen molar-refractivity contribution < 1.29 is 8.42 Å². The maximum Gasteiger partial charge on any atom is 0.216 e. The Hall–Kier alpha value is -0.0900. The molecule has 1 aliphatic carbocycles. The van der Waals surface area contributed by atoms with Gasteiger partial charge in [-0.3, -0.25) is 0 Å². The van der Waals surface area contributed by atoms with Crippen LogP contribution in [-0.4, -0.2) is 19.2 Å². The lowest BCUT2D eigenvalue weighted by atomic mass is 9.88. The molecule has 0 amide bonds. The average molecular weight is 233 g/mol. The van der Waals surface area contributed by atoms with Crippen LogP contribution in [0.25, 0.3) is 0 Å². The van der Waals surface area contributed by atoms with Crippen molar-refractivity contribution in [3.63, 3.8) is 0 Å². The third-order valence-electron chi connectivity index (χ3n) is 3.14. The number of rotatable bonds is 2. The fraction of sp³-hybridized carbons (Fsp3) is 1.00. The van der Waals surface area contributed by atoms with Crippen LogP contribution in [0.5, 0.6) is 0 Å². The zero-order chi connectivity index (χ0) is 11.7. The molecular weight excluding hydrogens is 210 g/mol. The van der Waals surface area contributed by atoms with Crippen molar-refractivity contribution in [3.8, 4) is 0 Å². The van der Waals surface area contributed by atoms with Crippen LogP contribution in [0.1, 0.15) is 53.4 Å². The predicted octanol–water partition coefficient (Wildman–Crippen LogP) is 2.28. The quantitative estimate of drug-likeness (QED) is 0.795. The van der Waals surface area contributed by atoms with Crippen molar-refractivity contribution in [2.75, 3.05) is 0 Å². The Balaban J connectivity index is 2.56. The molecule has 0 bridgehead atoms. The van der Waals surface area contributed by atoms with Gasteiger partial charge in [0.25, 0.3) is 0 Å². The van der Waals surface area contributed by atoms with E-state index in [4.69, 9.17) is 0 Å². The Morgan fingerprint density at radius 1 is 1.07 bits per heavy atom. The molecule has 0 saturated heterocycles. The molecule has 0 spiro atoms. The van der Waals surface area contributed by atoms with Gasteiger partial charge in [-0.2, -0.15) is 0 Å². The van der Waals surface area contributed by atoms with Crippen LogP contribution in [0.2, 0.25) is 0 Å². The van der Waals surface area contributed by atoms with E-state index in [-0.39, 0.29) is 6.04 Å². The van der Waals surface area contributed by atoms with Gasteiger partial charge >= 0.3 is 0 Å². The Bertz CT molecular complexity index is 295. The fourth-order valence-electron chi connectivity index (χ4n) is 1.77. The first-order valence-electron chi connectivity index (χ1n) is 5.74. The first-order valence-corrected chi connectivity index (χ1v) is 7.22. The average Bonchev–Trinajstić information content (AvgIpc) is 2.06. The third kappa shape index (κ3) is 3.45. The van der Waals surface area contributed by atoms with Gasteiger partial charge in [-0.25, -0.2) is 13.1 Å². The Labute approximate surface area is 93.7 Å². The van der Waals surface area contributed by atoms with E-state index in [0.29, 0.717) is 0 Å². The monoisotopic (exact) mass is 233 g/mol. The summed E-state index contributed by atoms with van der Waals surface area (Å²) < 4.78 is 25.9. The molecule has 1 fully saturated rings. The second-order valence-electron chi connectivity index (χ2n) is 5.69. The second-order valence-corrected chi connectivity index (χ2v) is 8.16. The minimum Gasteiger partial charge on any atom is -0.212 e. The van der Waals surface area contributed by atoms with Crippen LogP contribution in [0.3, 0.4) is 0 Å². The minimum absolute atomic E-state index is 0.158. The van der Waals surface area contributed by atoms with Crippen LogP contribution in [0, 0.1) is 5.92 Å². The molecule has 3 nitrogen and oxygen atoms in total. The molecule has 0 aromatic rings. The topological polar surface area (TPSA) is 46.2 Å². The molecule has 4 heteroatoms. The van der Waals surface area contributed by atoms with E-state index < -0.39 is 14.8 Å². The molecule has 90 valence electrons. The van der Waals surface area contributed by atoms with Gasteiger partial charge in [0.1, 0.15) is 0 Å². The number of nitrogens with one attached hydrogen (secondary N) is 1. The highest BCUT2D eigenvalue weighted by atomic mass is 32.2. The number of sulfonamides is 1. The maximum absolute atomic E-state index is 11.9. The van der Waals surface area contributed by atoms with E-state index >= 15 is 0 Å². The summed E-state index contributed by atoms with van der Waals surface area (Å²) in [5.41, 5.74) is 0. The van der Waals surface area contributed by atoms with Gasteiger partial charge in [-0.15, -0.1) is 0 Å². The summed E-state index contributed by atoms with van der Waals surface area (Å²) in [7, 11) is -3.16.